The lowest BCUT2D eigenvalue weighted by Crippen LogP contribution is -2.38. The third-order valence-electron chi connectivity index (χ3n) is 5.83. The molecule has 0 spiro atoms. The van der Waals surface area contributed by atoms with Crippen LogP contribution in [0.4, 0.5) is 14.5 Å². The molecule has 0 bridgehead atoms. The Morgan fingerprint density at radius 2 is 1.69 bits per heavy atom. The maximum Gasteiger partial charge on any atom is 0.258 e. The van der Waals surface area contributed by atoms with Crippen molar-refractivity contribution in [1.29, 1.82) is 0 Å². The highest BCUT2D eigenvalue weighted by atomic mass is 32.2. The summed E-state index contributed by atoms with van der Waals surface area (Å²) < 4.78 is 60.9. The molecule has 1 N–H and O–H groups in total. The molecule has 35 heavy (non-hydrogen) atoms. The van der Waals surface area contributed by atoms with Gasteiger partial charge in [-0.05, 0) is 50.1 Å². The number of carbonyl (C=O) groups excluding carboxylic acids is 2. The molecule has 1 aliphatic heterocycles. The van der Waals surface area contributed by atoms with Crippen LogP contribution in [0.2, 0.25) is 0 Å². The van der Waals surface area contributed by atoms with Gasteiger partial charge in [-0.2, -0.15) is 4.31 Å². The molecule has 1 heterocycles. The Labute approximate surface area is 203 Å². The van der Waals surface area contributed by atoms with Crippen molar-refractivity contribution in [3.05, 3.63) is 53.6 Å². The Bertz CT molecular complexity index is 1160. The van der Waals surface area contributed by atoms with Gasteiger partial charge in [0.2, 0.25) is 15.9 Å². The number of amides is 2. The van der Waals surface area contributed by atoms with E-state index < -0.39 is 45.7 Å². The van der Waals surface area contributed by atoms with Crippen molar-refractivity contribution in [2.45, 2.75) is 37.5 Å². The van der Waals surface area contributed by atoms with E-state index in [2.05, 4.69) is 5.32 Å². The predicted octanol–water partition coefficient (Wildman–Crippen LogP) is 3.64. The van der Waals surface area contributed by atoms with Gasteiger partial charge in [-0.25, -0.2) is 17.2 Å². The molecular formula is C24H29F2N3O5S. The fourth-order valence-electron chi connectivity index (χ4n) is 3.91. The second kappa shape index (κ2) is 11.6. The van der Waals surface area contributed by atoms with E-state index >= 15 is 0 Å². The van der Waals surface area contributed by atoms with E-state index in [1.807, 2.05) is 0 Å². The van der Waals surface area contributed by atoms with Gasteiger partial charge >= 0.3 is 0 Å². The van der Waals surface area contributed by atoms with Crippen molar-refractivity contribution in [2.75, 3.05) is 38.6 Å². The molecule has 1 fully saturated rings. The number of nitrogens with one attached hydrogen (secondary N) is 1. The van der Waals surface area contributed by atoms with E-state index in [0.717, 1.165) is 42.7 Å². The maximum absolute atomic E-state index is 13.9. The number of hydrogen-bond donors (Lipinski definition) is 1. The zero-order valence-electron chi connectivity index (χ0n) is 19.7. The first-order valence-corrected chi connectivity index (χ1v) is 12.8. The summed E-state index contributed by atoms with van der Waals surface area (Å²) in [5, 5.41) is 2.15. The molecule has 3 rings (SSSR count). The van der Waals surface area contributed by atoms with Crippen LogP contribution in [-0.2, 0) is 14.8 Å². The number of anilines is 1. The van der Waals surface area contributed by atoms with Gasteiger partial charge in [0.15, 0.2) is 0 Å². The first-order valence-electron chi connectivity index (χ1n) is 11.4. The molecule has 0 aromatic heterocycles. The van der Waals surface area contributed by atoms with Gasteiger partial charge in [0.25, 0.3) is 5.91 Å². The van der Waals surface area contributed by atoms with Crippen molar-refractivity contribution in [3.63, 3.8) is 0 Å². The van der Waals surface area contributed by atoms with Crippen LogP contribution < -0.4 is 10.1 Å². The van der Waals surface area contributed by atoms with E-state index in [9.17, 15) is 26.8 Å². The summed E-state index contributed by atoms with van der Waals surface area (Å²) in [6.45, 7) is 2.02. The molecule has 2 amide bonds. The number of ether oxygens (including phenoxy) is 1. The topological polar surface area (TPSA) is 96.0 Å². The van der Waals surface area contributed by atoms with Crippen molar-refractivity contribution in [1.82, 2.24) is 9.21 Å². The monoisotopic (exact) mass is 509 g/mol. The number of halogens is 2. The second-order valence-corrected chi connectivity index (χ2v) is 10.1. The van der Waals surface area contributed by atoms with Crippen LogP contribution in [0.3, 0.4) is 0 Å². The zero-order valence-corrected chi connectivity index (χ0v) is 20.5. The van der Waals surface area contributed by atoms with Crippen molar-refractivity contribution < 1.29 is 31.5 Å². The smallest absolute Gasteiger partial charge is 0.258 e. The first kappa shape index (κ1) is 26.6. The number of sulfonamides is 1. The van der Waals surface area contributed by atoms with Crippen molar-refractivity contribution >= 4 is 27.5 Å². The van der Waals surface area contributed by atoms with Crippen LogP contribution in [0.25, 0.3) is 0 Å². The molecule has 11 heteroatoms. The summed E-state index contributed by atoms with van der Waals surface area (Å²) in [6.07, 6.45) is 3.45. The lowest BCUT2D eigenvalue weighted by Gasteiger charge is -2.23. The number of rotatable bonds is 8. The maximum atomic E-state index is 13.9. The van der Waals surface area contributed by atoms with Crippen molar-refractivity contribution in [2.24, 2.45) is 0 Å². The molecular weight excluding hydrogens is 480 g/mol. The summed E-state index contributed by atoms with van der Waals surface area (Å²) in [5.41, 5.74) is -0.640. The number of para-hydroxylation sites is 1. The molecule has 0 saturated carbocycles. The minimum Gasteiger partial charge on any atom is -0.496 e. The lowest BCUT2D eigenvalue weighted by molar-refractivity contribution is -0.116. The van der Waals surface area contributed by atoms with Crippen LogP contribution in [-0.4, -0.2) is 62.7 Å². The molecule has 0 atom stereocenters. The number of nitrogens with zero attached hydrogens (tertiary/aromatic N) is 2. The number of benzene rings is 2. The highest BCUT2D eigenvalue weighted by molar-refractivity contribution is 7.89. The first-order chi connectivity index (χ1) is 16.7. The fourth-order valence-corrected chi connectivity index (χ4v) is 5.46. The number of carbonyl (C=O) groups is 2. The summed E-state index contributed by atoms with van der Waals surface area (Å²) >= 11 is 0. The van der Waals surface area contributed by atoms with Crippen LogP contribution in [0.1, 0.15) is 43.0 Å². The largest absolute Gasteiger partial charge is 0.496 e. The Morgan fingerprint density at radius 1 is 1.06 bits per heavy atom. The summed E-state index contributed by atoms with van der Waals surface area (Å²) in [6, 6.07) is 7.21. The quantitative estimate of drug-likeness (QED) is 0.586. The van der Waals surface area contributed by atoms with Gasteiger partial charge in [0.1, 0.15) is 29.6 Å². The number of likely N-dealkylation sites (N-methyl/N-ethyl adjacent to an activating group) is 1. The molecule has 0 aliphatic carbocycles. The molecule has 1 aliphatic rings. The lowest BCUT2D eigenvalue weighted by atomic mass is 10.1. The summed E-state index contributed by atoms with van der Waals surface area (Å²) in [4.78, 5) is 26.9. The van der Waals surface area contributed by atoms with E-state index in [-0.39, 0.29) is 22.8 Å². The van der Waals surface area contributed by atoms with E-state index in [1.165, 1.54) is 35.7 Å². The SMILES string of the molecule is CCN(CC(=O)Nc1c(F)cccc1F)C(=O)c1cc(S(=O)(=O)N2CCCCCC2)ccc1OC. The highest BCUT2D eigenvalue weighted by Crippen LogP contribution is 2.27. The second-order valence-electron chi connectivity index (χ2n) is 8.14. The van der Waals surface area contributed by atoms with Gasteiger partial charge in [-0.15, -0.1) is 0 Å². The fraction of sp³-hybridized carbons (Fsp3) is 0.417. The number of methoxy groups -OCH3 is 1. The third-order valence-corrected chi connectivity index (χ3v) is 7.73. The van der Waals surface area contributed by atoms with E-state index in [1.54, 1.807) is 6.92 Å². The Hall–Kier alpha value is -3.05. The standard InChI is InChI=1S/C24H29F2N3O5S/c1-3-28(16-22(30)27-23-19(25)9-8-10-20(23)26)24(31)18-15-17(11-12-21(18)34-2)35(32,33)29-13-6-4-5-7-14-29/h8-12,15H,3-7,13-14,16H2,1-2H3,(H,27,30). The Balaban J connectivity index is 1.85. The molecule has 2 aromatic carbocycles. The molecule has 2 aromatic rings. The normalized spacial score (nSPS) is 14.7. The van der Waals surface area contributed by atoms with E-state index in [0.29, 0.717) is 13.1 Å². The zero-order chi connectivity index (χ0) is 25.6. The van der Waals surface area contributed by atoms with Crippen LogP contribution in [0.15, 0.2) is 41.3 Å². The average Bonchev–Trinajstić information content (AvgIpc) is 3.14. The van der Waals surface area contributed by atoms with Gasteiger partial charge in [0.05, 0.1) is 17.6 Å². The van der Waals surface area contributed by atoms with Gasteiger partial charge in [-0.3, -0.25) is 9.59 Å². The Kier molecular flexibility index (Phi) is 8.79. The summed E-state index contributed by atoms with van der Waals surface area (Å²) in [5.74, 6) is -3.21. The van der Waals surface area contributed by atoms with Crippen molar-refractivity contribution in [3.8, 4) is 5.75 Å². The molecule has 0 unspecified atom stereocenters. The number of hydrogen-bond acceptors (Lipinski definition) is 5. The minimum absolute atomic E-state index is 0.0323. The van der Waals surface area contributed by atoms with Gasteiger partial charge in [0, 0.05) is 19.6 Å². The molecule has 190 valence electrons. The summed E-state index contributed by atoms with van der Waals surface area (Å²) in [7, 11) is -2.48. The minimum atomic E-state index is -3.83. The van der Waals surface area contributed by atoms with Crippen LogP contribution in [0.5, 0.6) is 5.75 Å². The predicted molar refractivity (Wildman–Crippen MR) is 127 cm³/mol. The molecule has 8 nitrogen and oxygen atoms in total. The van der Waals surface area contributed by atoms with E-state index in [4.69, 9.17) is 4.74 Å². The van der Waals surface area contributed by atoms with Crippen LogP contribution in [0, 0.1) is 11.6 Å². The highest BCUT2D eigenvalue weighted by Gasteiger charge is 2.28. The molecule has 0 radical (unpaired) electrons. The Morgan fingerprint density at radius 3 is 2.26 bits per heavy atom. The molecule has 1 saturated heterocycles. The van der Waals surface area contributed by atoms with Crippen LogP contribution >= 0.6 is 0 Å². The third kappa shape index (κ3) is 6.15. The van der Waals surface area contributed by atoms with Gasteiger partial charge < -0.3 is 15.0 Å². The average molecular weight is 510 g/mol. The van der Waals surface area contributed by atoms with Gasteiger partial charge in [-0.1, -0.05) is 18.9 Å².